The fourth-order valence-electron chi connectivity index (χ4n) is 1.36. The van der Waals surface area contributed by atoms with Gasteiger partial charge in [-0.25, -0.2) is 0 Å². The van der Waals surface area contributed by atoms with Crippen LogP contribution in [0.15, 0.2) is 18.2 Å². The molecule has 1 N–H and O–H groups in total. The first kappa shape index (κ1) is 12.1. The minimum atomic E-state index is -0.541. The first-order valence-corrected chi connectivity index (χ1v) is 4.94. The molecular weight excluding hydrogens is 208 g/mol. The molecule has 0 aromatic heterocycles. The zero-order valence-corrected chi connectivity index (χ0v) is 8.88. The Kier molecular flexibility index (Phi) is 3.97. The molecule has 0 saturated heterocycles. The predicted molar refractivity (Wildman–Crippen MR) is 57.8 cm³/mol. The van der Waals surface area contributed by atoms with Gasteiger partial charge in [-0.15, -0.1) is 0 Å². The van der Waals surface area contributed by atoms with E-state index in [1.807, 2.05) is 13.0 Å². The number of nitriles is 1. The Bertz CT molecular complexity index is 437. The van der Waals surface area contributed by atoms with E-state index in [0.29, 0.717) is 18.4 Å². The van der Waals surface area contributed by atoms with Crippen LogP contribution in [0.4, 0.5) is 5.69 Å². The molecule has 0 aliphatic rings. The molecule has 0 aliphatic carbocycles. The van der Waals surface area contributed by atoms with E-state index >= 15 is 0 Å². The molecule has 5 heteroatoms. The van der Waals surface area contributed by atoms with E-state index in [2.05, 4.69) is 0 Å². The van der Waals surface area contributed by atoms with Crippen molar-refractivity contribution in [3.05, 3.63) is 39.4 Å². The molecule has 0 aliphatic heterocycles. The summed E-state index contributed by atoms with van der Waals surface area (Å²) in [6.07, 6.45) is 0.410. The molecule has 0 fully saturated rings. The number of nitrogens with zero attached hydrogens (tertiary/aromatic N) is 2. The smallest absolute Gasteiger partial charge is 0.270 e. The van der Waals surface area contributed by atoms with Crippen molar-refractivity contribution in [2.24, 2.45) is 0 Å². The molecule has 84 valence electrons. The number of aliphatic hydroxyl groups is 1. The van der Waals surface area contributed by atoms with Crippen molar-refractivity contribution < 1.29 is 10.0 Å². The maximum Gasteiger partial charge on any atom is 0.270 e. The largest absolute Gasteiger partial charge is 0.393 e. The molecule has 1 aromatic rings. The van der Waals surface area contributed by atoms with Gasteiger partial charge in [0.25, 0.3) is 5.69 Å². The van der Waals surface area contributed by atoms with Crippen LogP contribution < -0.4 is 0 Å². The highest BCUT2D eigenvalue weighted by molar-refractivity contribution is 5.46. The van der Waals surface area contributed by atoms with Crippen LogP contribution in [0.2, 0.25) is 0 Å². The Morgan fingerprint density at radius 1 is 1.62 bits per heavy atom. The summed E-state index contributed by atoms with van der Waals surface area (Å²) in [5.74, 6) is 0. The standard InChI is InChI=1S/C11H12N2O3/c1-2-11(14)6-8-3-4-10(13(15)16)5-9(8)7-12/h3-5,11,14H,2,6H2,1H3. The molecule has 1 unspecified atom stereocenters. The summed E-state index contributed by atoms with van der Waals surface area (Å²) in [6.45, 7) is 1.84. The maximum atomic E-state index is 10.5. The summed E-state index contributed by atoms with van der Waals surface area (Å²) in [5, 5.41) is 28.8. The molecule has 0 bridgehead atoms. The zero-order valence-electron chi connectivity index (χ0n) is 8.88. The van der Waals surface area contributed by atoms with Crippen LogP contribution in [-0.4, -0.2) is 16.1 Å². The third-order valence-corrected chi connectivity index (χ3v) is 2.35. The van der Waals surface area contributed by atoms with E-state index in [9.17, 15) is 15.2 Å². The normalized spacial score (nSPS) is 11.8. The van der Waals surface area contributed by atoms with Gasteiger partial charge in [-0.3, -0.25) is 10.1 Å². The van der Waals surface area contributed by atoms with Crippen LogP contribution in [0.25, 0.3) is 0 Å². The number of nitro groups is 1. The Labute approximate surface area is 93.1 Å². The number of hydrogen-bond acceptors (Lipinski definition) is 4. The van der Waals surface area contributed by atoms with Crippen molar-refractivity contribution in [1.82, 2.24) is 0 Å². The van der Waals surface area contributed by atoms with E-state index < -0.39 is 11.0 Å². The lowest BCUT2D eigenvalue weighted by molar-refractivity contribution is -0.384. The second-order valence-corrected chi connectivity index (χ2v) is 3.48. The van der Waals surface area contributed by atoms with Crippen LogP contribution in [0.5, 0.6) is 0 Å². The van der Waals surface area contributed by atoms with Gasteiger partial charge < -0.3 is 5.11 Å². The van der Waals surface area contributed by atoms with Crippen molar-refractivity contribution in [2.75, 3.05) is 0 Å². The van der Waals surface area contributed by atoms with Gasteiger partial charge in [0.1, 0.15) is 0 Å². The first-order valence-electron chi connectivity index (χ1n) is 4.94. The van der Waals surface area contributed by atoms with E-state index in [1.165, 1.54) is 18.2 Å². The Hall–Kier alpha value is -1.93. The summed E-state index contributed by atoms with van der Waals surface area (Å²) in [5.41, 5.74) is 0.787. The number of aliphatic hydroxyl groups excluding tert-OH is 1. The van der Waals surface area contributed by atoms with Crippen molar-refractivity contribution >= 4 is 5.69 Å². The average molecular weight is 220 g/mol. The molecule has 1 aromatic carbocycles. The summed E-state index contributed by atoms with van der Waals surface area (Å²) < 4.78 is 0. The molecule has 0 amide bonds. The minimum absolute atomic E-state index is 0.105. The molecule has 0 spiro atoms. The van der Waals surface area contributed by atoms with Crippen LogP contribution in [0.1, 0.15) is 24.5 Å². The molecule has 1 rings (SSSR count). The van der Waals surface area contributed by atoms with E-state index in [-0.39, 0.29) is 11.3 Å². The van der Waals surface area contributed by atoms with Gasteiger partial charge in [0, 0.05) is 12.1 Å². The van der Waals surface area contributed by atoms with Crippen LogP contribution in [0, 0.1) is 21.4 Å². The third-order valence-electron chi connectivity index (χ3n) is 2.35. The SMILES string of the molecule is CCC(O)Cc1ccc([N+](=O)[O-])cc1C#N. The lowest BCUT2D eigenvalue weighted by atomic mass is 10.0. The molecule has 0 saturated carbocycles. The third kappa shape index (κ3) is 2.78. The van der Waals surface area contributed by atoms with Gasteiger partial charge in [0.05, 0.1) is 22.7 Å². The molecule has 5 nitrogen and oxygen atoms in total. The summed E-state index contributed by atoms with van der Waals surface area (Å²) in [6, 6.07) is 6.01. The molecular formula is C11H12N2O3. The van der Waals surface area contributed by atoms with Gasteiger partial charge in [0.2, 0.25) is 0 Å². The molecule has 1 atom stereocenters. The van der Waals surface area contributed by atoms with E-state index in [4.69, 9.17) is 5.26 Å². The van der Waals surface area contributed by atoms with Gasteiger partial charge in [-0.05, 0) is 18.4 Å². The van der Waals surface area contributed by atoms with E-state index in [1.54, 1.807) is 0 Å². The summed E-state index contributed by atoms with van der Waals surface area (Å²) in [4.78, 5) is 9.96. The topological polar surface area (TPSA) is 87.2 Å². The van der Waals surface area contributed by atoms with Crippen LogP contribution in [-0.2, 0) is 6.42 Å². The van der Waals surface area contributed by atoms with Crippen molar-refractivity contribution in [3.63, 3.8) is 0 Å². The van der Waals surface area contributed by atoms with Gasteiger partial charge >= 0.3 is 0 Å². The quantitative estimate of drug-likeness (QED) is 0.618. The van der Waals surface area contributed by atoms with Gasteiger partial charge in [0.15, 0.2) is 0 Å². The average Bonchev–Trinajstić information content (AvgIpc) is 2.29. The number of nitro benzene ring substituents is 1. The maximum absolute atomic E-state index is 10.5. The highest BCUT2D eigenvalue weighted by Crippen LogP contribution is 2.19. The second kappa shape index (κ2) is 5.24. The number of rotatable bonds is 4. The van der Waals surface area contributed by atoms with Crippen molar-refractivity contribution in [1.29, 1.82) is 5.26 Å². The minimum Gasteiger partial charge on any atom is -0.393 e. The highest BCUT2D eigenvalue weighted by Gasteiger charge is 2.12. The highest BCUT2D eigenvalue weighted by atomic mass is 16.6. The van der Waals surface area contributed by atoms with Crippen LogP contribution >= 0.6 is 0 Å². The lowest BCUT2D eigenvalue weighted by Gasteiger charge is -2.08. The summed E-state index contributed by atoms with van der Waals surface area (Å²) in [7, 11) is 0. The Morgan fingerprint density at radius 2 is 2.31 bits per heavy atom. The van der Waals surface area contributed by atoms with E-state index in [0.717, 1.165) is 0 Å². The lowest BCUT2D eigenvalue weighted by Crippen LogP contribution is -2.09. The number of non-ortho nitro benzene ring substituents is 1. The fraction of sp³-hybridized carbons (Fsp3) is 0.364. The van der Waals surface area contributed by atoms with Crippen molar-refractivity contribution in [2.45, 2.75) is 25.9 Å². The number of hydrogen-bond donors (Lipinski definition) is 1. The monoisotopic (exact) mass is 220 g/mol. The predicted octanol–water partition coefficient (Wildman–Crippen LogP) is 1.78. The second-order valence-electron chi connectivity index (χ2n) is 3.48. The molecule has 16 heavy (non-hydrogen) atoms. The first-order chi connectivity index (χ1) is 7.58. The number of benzene rings is 1. The Morgan fingerprint density at radius 3 is 2.81 bits per heavy atom. The fourth-order valence-corrected chi connectivity index (χ4v) is 1.36. The summed E-state index contributed by atoms with van der Waals surface area (Å²) >= 11 is 0. The zero-order chi connectivity index (χ0) is 12.1. The molecule has 0 radical (unpaired) electrons. The van der Waals surface area contributed by atoms with Crippen LogP contribution in [0.3, 0.4) is 0 Å². The van der Waals surface area contributed by atoms with Gasteiger partial charge in [-0.1, -0.05) is 13.0 Å². The molecule has 0 heterocycles. The van der Waals surface area contributed by atoms with Gasteiger partial charge in [-0.2, -0.15) is 5.26 Å². The van der Waals surface area contributed by atoms with Crippen molar-refractivity contribution in [3.8, 4) is 6.07 Å². The Balaban J connectivity index is 3.03.